The van der Waals surface area contributed by atoms with Crippen LogP contribution >= 0.6 is 0 Å². The molecule has 3 aliphatic heterocycles. The van der Waals surface area contributed by atoms with E-state index in [-0.39, 0.29) is 56.8 Å². The van der Waals surface area contributed by atoms with Crippen LogP contribution in [-0.2, 0) is 33.6 Å². The molecule has 1 aromatic carbocycles. The monoisotopic (exact) mass is 1090 g/mol. The normalized spacial score (nSPS) is 28.7. The van der Waals surface area contributed by atoms with Gasteiger partial charge in [0.05, 0.1) is 48.6 Å². The molecule has 4 rings (SSSR count). The zero-order chi connectivity index (χ0) is 57.1. The largest absolute Gasteiger partial charge is 0.508 e. The standard InChI is InChI=1S/C53H89N9O15/c1-5-29(2)24-30(3)12-10-8-6-7-9-11-13-42(70)57-36-27-41(69)48(56-22-21-55)60-51(75)45-39(67)19-23-61(45)53(77)44(38(66)18-20-54)59-49(73)35(47(72)46(71)32-14-16-33(64)17-15-32)26-40(68)37-25-34(65)28-62(37)52(76)43(31(4)63)58-50(36)74/h14-17,29-31,34-39,41,43-48,56,63-67,69,71-72H,5-13,18-28,54-55H2,1-4H3,(H,57,70)(H,58,74)(H,59,73)(H,60,75). The van der Waals surface area contributed by atoms with Gasteiger partial charge in [-0.25, -0.2) is 0 Å². The molecule has 0 aromatic heterocycles. The highest BCUT2D eigenvalue weighted by atomic mass is 16.3. The van der Waals surface area contributed by atoms with Gasteiger partial charge in [0.2, 0.25) is 35.4 Å². The van der Waals surface area contributed by atoms with E-state index in [1.54, 1.807) is 0 Å². The van der Waals surface area contributed by atoms with Crippen LogP contribution in [0.1, 0.15) is 136 Å². The van der Waals surface area contributed by atoms with Crippen molar-refractivity contribution in [2.24, 2.45) is 29.2 Å². The van der Waals surface area contributed by atoms with Crippen LogP contribution in [0.15, 0.2) is 24.3 Å². The number of aliphatic hydroxyl groups is 7. The molecule has 0 bridgehead atoms. The lowest BCUT2D eigenvalue weighted by Gasteiger charge is -2.34. The molecule has 0 saturated carbocycles. The first-order valence-electron chi connectivity index (χ1n) is 27.6. The van der Waals surface area contributed by atoms with Crippen LogP contribution in [-0.4, -0.2) is 198 Å². The summed E-state index contributed by atoms with van der Waals surface area (Å²) in [6, 6.07) is -3.86. The highest BCUT2D eigenvalue weighted by Gasteiger charge is 2.49. The van der Waals surface area contributed by atoms with Crippen molar-refractivity contribution in [2.75, 3.05) is 32.7 Å². The number of nitrogens with one attached hydrogen (secondary N) is 5. The number of nitrogens with zero attached hydrogens (tertiary/aromatic N) is 2. The number of carbonyl (C=O) groups excluding carboxylic acids is 7. The molecule has 3 fully saturated rings. The van der Waals surface area contributed by atoms with Crippen molar-refractivity contribution in [3.63, 3.8) is 0 Å². The Morgan fingerprint density at radius 1 is 0.753 bits per heavy atom. The number of benzene rings is 1. The number of carbonyl (C=O) groups is 7. The zero-order valence-corrected chi connectivity index (χ0v) is 45.2. The summed E-state index contributed by atoms with van der Waals surface area (Å²) in [5.41, 5.74) is 11.5. The zero-order valence-electron chi connectivity index (χ0n) is 45.2. The van der Waals surface area contributed by atoms with Gasteiger partial charge in [0.25, 0.3) is 0 Å². The Morgan fingerprint density at radius 2 is 1.39 bits per heavy atom. The van der Waals surface area contributed by atoms with Crippen molar-refractivity contribution >= 4 is 41.2 Å². The topological polar surface area (TPSA) is 400 Å². The molecule has 16 unspecified atom stereocenters. The van der Waals surface area contributed by atoms with Crippen LogP contribution in [0, 0.1) is 17.8 Å². The van der Waals surface area contributed by atoms with Gasteiger partial charge in [-0.1, -0.05) is 77.8 Å². The van der Waals surface area contributed by atoms with Crippen molar-refractivity contribution in [3.05, 3.63) is 29.8 Å². The molecular formula is C53H89N9O15. The number of ketones is 1. The molecule has 0 radical (unpaired) electrons. The van der Waals surface area contributed by atoms with E-state index in [1.165, 1.54) is 37.6 Å². The van der Waals surface area contributed by atoms with E-state index in [2.05, 4.69) is 47.4 Å². The Labute approximate surface area is 451 Å². The smallest absolute Gasteiger partial charge is 0.248 e. The maximum Gasteiger partial charge on any atom is 0.248 e. The summed E-state index contributed by atoms with van der Waals surface area (Å²) < 4.78 is 0. The van der Waals surface area contributed by atoms with Crippen molar-refractivity contribution in [3.8, 4) is 5.75 Å². The van der Waals surface area contributed by atoms with Gasteiger partial charge in [-0.15, -0.1) is 0 Å². The maximum atomic E-state index is 14.6. The summed E-state index contributed by atoms with van der Waals surface area (Å²) in [5.74, 6) is -7.93. The van der Waals surface area contributed by atoms with E-state index in [1.807, 2.05) is 0 Å². The number of amides is 6. The van der Waals surface area contributed by atoms with E-state index >= 15 is 0 Å². The van der Waals surface area contributed by atoms with Crippen molar-refractivity contribution < 1.29 is 74.4 Å². The van der Waals surface area contributed by atoms with Gasteiger partial charge in [0, 0.05) is 51.9 Å². The molecule has 3 saturated heterocycles. The molecule has 3 heterocycles. The highest BCUT2D eigenvalue weighted by Crippen LogP contribution is 2.30. The first kappa shape index (κ1) is 64.6. The van der Waals surface area contributed by atoms with Crippen LogP contribution in [0.5, 0.6) is 5.75 Å². The third kappa shape index (κ3) is 18.9. The van der Waals surface area contributed by atoms with Gasteiger partial charge in [0.15, 0.2) is 5.78 Å². The summed E-state index contributed by atoms with van der Waals surface area (Å²) in [6.45, 7) is 6.84. The number of Topliss-reactive ketones (excluding diaryl/α,β-unsaturated/α-hetero) is 1. The van der Waals surface area contributed by atoms with E-state index in [0.29, 0.717) is 18.3 Å². The Hall–Kier alpha value is -4.89. The van der Waals surface area contributed by atoms with Crippen LogP contribution in [0.3, 0.4) is 0 Å². The second-order valence-electron chi connectivity index (χ2n) is 21.6. The minimum Gasteiger partial charge on any atom is -0.508 e. The van der Waals surface area contributed by atoms with Gasteiger partial charge >= 0.3 is 0 Å². The number of hydrogen-bond donors (Lipinski definition) is 15. The number of nitrogens with two attached hydrogens (primary N) is 2. The lowest BCUT2D eigenvalue weighted by Crippen LogP contribution is -2.63. The lowest BCUT2D eigenvalue weighted by atomic mass is 9.86. The van der Waals surface area contributed by atoms with E-state index < -0.39 is 152 Å². The number of phenols is 1. The molecule has 24 heteroatoms. The van der Waals surface area contributed by atoms with Gasteiger partial charge in [-0.3, -0.25) is 38.9 Å². The molecule has 1 aromatic rings. The predicted octanol–water partition coefficient (Wildman–Crippen LogP) is -2.22. The quantitative estimate of drug-likeness (QED) is 0.0516. The minimum atomic E-state index is -2.17. The van der Waals surface area contributed by atoms with Crippen molar-refractivity contribution in [2.45, 2.75) is 203 Å². The Kier molecular flexibility index (Phi) is 26.6. The fourth-order valence-corrected chi connectivity index (χ4v) is 10.5. The van der Waals surface area contributed by atoms with Gasteiger partial charge < -0.3 is 83.4 Å². The minimum absolute atomic E-state index is 0.0188. The predicted molar refractivity (Wildman–Crippen MR) is 281 cm³/mol. The van der Waals surface area contributed by atoms with Gasteiger partial charge in [-0.05, 0) is 68.7 Å². The summed E-state index contributed by atoms with van der Waals surface area (Å²) in [6.07, 6.45) is -7.48. The Balaban J connectivity index is 1.73. The summed E-state index contributed by atoms with van der Waals surface area (Å²) in [5, 5.41) is 102. The second-order valence-corrected chi connectivity index (χ2v) is 21.6. The number of aromatic hydroxyl groups is 1. The van der Waals surface area contributed by atoms with Crippen LogP contribution < -0.4 is 38.1 Å². The van der Waals surface area contributed by atoms with Gasteiger partial charge in [0.1, 0.15) is 42.2 Å². The Bertz CT molecular complexity index is 2070. The first-order chi connectivity index (χ1) is 36.5. The average molecular weight is 1090 g/mol. The number of unbranched alkanes of at least 4 members (excludes halogenated alkanes) is 5. The molecular weight excluding hydrogens is 1000 g/mol. The summed E-state index contributed by atoms with van der Waals surface area (Å²) in [7, 11) is 0. The fourth-order valence-electron chi connectivity index (χ4n) is 10.5. The molecule has 6 amide bonds. The van der Waals surface area contributed by atoms with E-state index in [9.17, 15) is 74.4 Å². The second kappa shape index (κ2) is 31.6. The average Bonchev–Trinajstić information content (AvgIpc) is 3.99. The third-order valence-corrected chi connectivity index (χ3v) is 15.2. The highest BCUT2D eigenvalue weighted by molar-refractivity contribution is 5.98. The number of phenolic OH excluding ortho intramolecular Hbond substituents is 1. The molecule has 77 heavy (non-hydrogen) atoms. The SMILES string of the molecule is CCC(C)CC(C)CCCCCCCCC(=O)NC1CC(O)C(NCCN)NC(=O)C2C(O)CCN2C(=O)C(C(O)CCN)NC(=O)C(C(O)C(O)c2ccc(O)cc2)CC(=O)C2CC(O)CN2C(=O)C(C(C)O)NC1=O. The third-order valence-electron chi connectivity index (χ3n) is 15.2. The number of aliphatic hydroxyl groups excluding tert-OH is 7. The number of fused-ring (bicyclic) bond motifs is 2. The fraction of sp³-hybridized carbons (Fsp3) is 0.755. The molecule has 3 aliphatic rings. The van der Waals surface area contributed by atoms with Crippen LogP contribution in [0.25, 0.3) is 0 Å². The van der Waals surface area contributed by atoms with Gasteiger partial charge in [-0.2, -0.15) is 0 Å². The van der Waals surface area contributed by atoms with Crippen LogP contribution in [0.4, 0.5) is 0 Å². The van der Waals surface area contributed by atoms with Crippen molar-refractivity contribution in [1.29, 1.82) is 0 Å². The number of hydrogen-bond acceptors (Lipinski definition) is 18. The molecule has 16 atom stereocenters. The molecule has 0 spiro atoms. The molecule has 24 nitrogen and oxygen atoms in total. The molecule has 0 aliphatic carbocycles. The van der Waals surface area contributed by atoms with Crippen molar-refractivity contribution in [1.82, 2.24) is 36.4 Å². The summed E-state index contributed by atoms with van der Waals surface area (Å²) >= 11 is 0. The van der Waals surface area contributed by atoms with E-state index in [0.717, 1.165) is 54.7 Å². The lowest BCUT2D eigenvalue weighted by molar-refractivity contribution is -0.149. The van der Waals surface area contributed by atoms with E-state index in [4.69, 9.17) is 11.5 Å². The molecule has 17 N–H and O–H groups in total. The van der Waals surface area contributed by atoms with Crippen LogP contribution in [0.2, 0.25) is 0 Å². The Morgan fingerprint density at radius 3 is 2.03 bits per heavy atom. The summed E-state index contributed by atoms with van der Waals surface area (Å²) in [4.78, 5) is 102. The first-order valence-corrected chi connectivity index (χ1v) is 27.6. The number of rotatable bonds is 23. The molecule has 436 valence electrons. The maximum absolute atomic E-state index is 14.6.